The van der Waals surface area contributed by atoms with Gasteiger partial charge in [0.05, 0.1) is 24.7 Å². The van der Waals surface area contributed by atoms with Crippen LogP contribution in [0.5, 0.6) is 5.75 Å². The first kappa shape index (κ1) is 16.1. The zero-order valence-electron chi connectivity index (χ0n) is 13.5. The van der Waals surface area contributed by atoms with Gasteiger partial charge in [0.1, 0.15) is 5.75 Å². The number of para-hydroxylation sites is 1. The summed E-state index contributed by atoms with van der Waals surface area (Å²) in [5, 5.41) is 2.89. The first-order valence-electron chi connectivity index (χ1n) is 7.99. The second-order valence-corrected chi connectivity index (χ2v) is 5.52. The van der Waals surface area contributed by atoms with Gasteiger partial charge in [-0.15, -0.1) is 0 Å². The highest BCUT2D eigenvalue weighted by molar-refractivity contribution is 5.98. The van der Waals surface area contributed by atoms with Crippen molar-refractivity contribution >= 4 is 17.6 Å². The summed E-state index contributed by atoms with van der Waals surface area (Å²) < 4.78 is 10.6. The summed E-state index contributed by atoms with van der Waals surface area (Å²) in [6.07, 6.45) is 0.625. The molecule has 3 rings (SSSR count). The van der Waals surface area contributed by atoms with Crippen LogP contribution in [-0.2, 0) is 9.53 Å². The second-order valence-electron chi connectivity index (χ2n) is 5.52. The Kier molecular flexibility index (Phi) is 4.79. The van der Waals surface area contributed by atoms with Crippen LogP contribution in [0.3, 0.4) is 0 Å². The van der Waals surface area contributed by atoms with Gasteiger partial charge in [-0.2, -0.15) is 0 Å². The fourth-order valence-electron chi connectivity index (χ4n) is 2.78. The number of carbonyl (C=O) groups excluding carboxylic acids is 2. The maximum Gasteiger partial charge on any atom is 0.338 e. The van der Waals surface area contributed by atoms with Crippen molar-refractivity contribution in [3.05, 3.63) is 59.7 Å². The number of hydrogen-bond donors (Lipinski definition) is 1. The van der Waals surface area contributed by atoms with Gasteiger partial charge in [0, 0.05) is 11.3 Å². The molecular weight excluding hydrogens is 306 g/mol. The number of fused-ring (bicyclic) bond motifs is 1. The fraction of sp³-hybridized carbons (Fsp3) is 0.263. The highest BCUT2D eigenvalue weighted by Crippen LogP contribution is 2.34. The smallest absolute Gasteiger partial charge is 0.338 e. The maximum atomic E-state index is 12.7. The molecule has 1 N–H and O–H groups in total. The number of rotatable bonds is 4. The number of hydrogen-bond acceptors (Lipinski definition) is 4. The van der Waals surface area contributed by atoms with E-state index < -0.39 is 5.97 Å². The monoisotopic (exact) mass is 325 g/mol. The van der Waals surface area contributed by atoms with Crippen molar-refractivity contribution < 1.29 is 19.1 Å². The average molecular weight is 325 g/mol. The lowest BCUT2D eigenvalue weighted by molar-refractivity contribution is -0.118. The van der Waals surface area contributed by atoms with Gasteiger partial charge in [-0.1, -0.05) is 24.3 Å². The van der Waals surface area contributed by atoms with Crippen molar-refractivity contribution in [2.75, 3.05) is 18.5 Å². The molecule has 0 aromatic heterocycles. The van der Waals surface area contributed by atoms with Gasteiger partial charge in [-0.05, 0) is 37.6 Å². The van der Waals surface area contributed by atoms with Crippen LogP contribution in [0.2, 0.25) is 0 Å². The number of esters is 1. The third-order valence-corrected chi connectivity index (χ3v) is 3.92. The summed E-state index contributed by atoms with van der Waals surface area (Å²) in [6, 6.07) is 14.3. The van der Waals surface area contributed by atoms with Crippen LogP contribution in [0, 0.1) is 0 Å². The Morgan fingerprint density at radius 2 is 2.04 bits per heavy atom. The Bertz CT molecular complexity index is 757. The predicted molar refractivity (Wildman–Crippen MR) is 90.3 cm³/mol. The molecule has 5 nitrogen and oxygen atoms in total. The molecule has 0 radical (unpaired) electrons. The summed E-state index contributed by atoms with van der Waals surface area (Å²) in [7, 11) is 0. The van der Waals surface area contributed by atoms with Crippen molar-refractivity contribution in [2.45, 2.75) is 19.3 Å². The zero-order chi connectivity index (χ0) is 16.9. The van der Waals surface area contributed by atoms with E-state index in [4.69, 9.17) is 9.47 Å². The van der Waals surface area contributed by atoms with Crippen LogP contribution in [0.25, 0.3) is 0 Å². The summed E-state index contributed by atoms with van der Waals surface area (Å²) >= 11 is 0. The summed E-state index contributed by atoms with van der Waals surface area (Å²) in [5.74, 6) is -0.0119. The lowest BCUT2D eigenvalue weighted by Crippen LogP contribution is -2.26. The molecule has 1 amide bonds. The van der Waals surface area contributed by atoms with E-state index >= 15 is 0 Å². The van der Waals surface area contributed by atoms with Crippen LogP contribution in [-0.4, -0.2) is 25.1 Å². The third kappa shape index (κ3) is 3.40. The lowest BCUT2D eigenvalue weighted by Gasteiger charge is -2.25. The Labute approximate surface area is 140 Å². The van der Waals surface area contributed by atoms with E-state index in [1.807, 2.05) is 24.3 Å². The van der Waals surface area contributed by atoms with E-state index in [-0.39, 0.29) is 11.8 Å². The van der Waals surface area contributed by atoms with Crippen molar-refractivity contribution in [3.8, 4) is 5.75 Å². The number of nitrogens with one attached hydrogen (secondary N) is 1. The van der Waals surface area contributed by atoms with Gasteiger partial charge >= 0.3 is 5.97 Å². The number of benzene rings is 2. The molecule has 0 fully saturated rings. The zero-order valence-corrected chi connectivity index (χ0v) is 13.5. The minimum absolute atomic E-state index is 0.105. The molecule has 0 aliphatic carbocycles. The third-order valence-electron chi connectivity index (χ3n) is 3.92. The van der Waals surface area contributed by atoms with Crippen molar-refractivity contribution in [2.24, 2.45) is 0 Å². The molecule has 24 heavy (non-hydrogen) atoms. The molecule has 0 saturated heterocycles. The van der Waals surface area contributed by atoms with E-state index in [9.17, 15) is 9.59 Å². The minimum Gasteiger partial charge on any atom is -0.493 e. The quantitative estimate of drug-likeness (QED) is 0.875. The molecule has 0 bridgehead atoms. The molecular formula is C19H19NO4. The summed E-state index contributed by atoms with van der Waals surface area (Å²) in [4.78, 5) is 24.5. The highest BCUT2D eigenvalue weighted by atomic mass is 16.5. The first-order valence-corrected chi connectivity index (χ1v) is 7.99. The summed E-state index contributed by atoms with van der Waals surface area (Å²) in [6.45, 7) is 2.58. The normalized spacial score (nSPS) is 15.8. The largest absolute Gasteiger partial charge is 0.493 e. The van der Waals surface area contributed by atoms with Crippen LogP contribution < -0.4 is 10.1 Å². The molecule has 2 aromatic rings. The second kappa shape index (κ2) is 7.17. The average Bonchev–Trinajstić information content (AvgIpc) is 2.61. The molecule has 1 atom stereocenters. The van der Waals surface area contributed by atoms with Gasteiger partial charge in [0.25, 0.3) is 0 Å². The maximum absolute atomic E-state index is 12.7. The molecule has 1 aliphatic heterocycles. The molecule has 1 unspecified atom stereocenters. The molecule has 1 heterocycles. The number of anilines is 1. The Hall–Kier alpha value is -2.82. The van der Waals surface area contributed by atoms with Crippen molar-refractivity contribution in [1.82, 2.24) is 0 Å². The van der Waals surface area contributed by atoms with Crippen molar-refractivity contribution in [1.29, 1.82) is 0 Å². The van der Waals surface area contributed by atoms with Crippen LogP contribution in [0.4, 0.5) is 5.69 Å². The molecule has 0 spiro atoms. The van der Waals surface area contributed by atoms with Gasteiger partial charge < -0.3 is 14.8 Å². The van der Waals surface area contributed by atoms with E-state index in [0.717, 1.165) is 11.3 Å². The topological polar surface area (TPSA) is 64.6 Å². The predicted octanol–water partition coefficient (Wildman–Crippen LogP) is 3.37. The van der Waals surface area contributed by atoms with Gasteiger partial charge in [-0.25, -0.2) is 4.79 Å². The Morgan fingerprint density at radius 3 is 2.88 bits per heavy atom. The molecule has 2 aromatic carbocycles. The molecule has 0 saturated carbocycles. The minimum atomic E-state index is -0.398. The standard InChI is InChI=1S/C19H19NO4/c1-2-23-19(22)13-6-5-7-14(12-13)20-18(21)16-10-11-24-17-9-4-3-8-15(16)17/h3-9,12,16H,2,10-11H2,1H3,(H,20,21). The molecule has 124 valence electrons. The lowest BCUT2D eigenvalue weighted by atomic mass is 9.92. The van der Waals surface area contributed by atoms with E-state index in [2.05, 4.69) is 5.32 Å². The van der Waals surface area contributed by atoms with E-state index in [0.29, 0.717) is 30.9 Å². The highest BCUT2D eigenvalue weighted by Gasteiger charge is 2.27. The molecule has 1 aliphatic rings. The first-order chi connectivity index (χ1) is 11.7. The number of carbonyl (C=O) groups is 2. The Morgan fingerprint density at radius 1 is 1.21 bits per heavy atom. The van der Waals surface area contributed by atoms with Crippen LogP contribution >= 0.6 is 0 Å². The van der Waals surface area contributed by atoms with Gasteiger partial charge in [0.15, 0.2) is 0 Å². The Balaban J connectivity index is 1.76. The number of amides is 1. The van der Waals surface area contributed by atoms with E-state index in [1.54, 1.807) is 31.2 Å². The van der Waals surface area contributed by atoms with Crippen molar-refractivity contribution in [3.63, 3.8) is 0 Å². The fourth-order valence-corrected chi connectivity index (χ4v) is 2.78. The summed E-state index contributed by atoms with van der Waals surface area (Å²) in [5.41, 5.74) is 1.89. The molecule has 5 heteroatoms. The number of ether oxygens (including phenoxy) is 2. The van der Waals surface area contributed by atoms with Crippen LogP contribution in [0.15, 0.2) is 48.5 Å². The van der Waals surface area contributed by atoms with E-state index in [1.165, 1.54) is 0 Å². The SMILES string of the molecule is CCOC(=O)c1cccc(NC(=O)C2CCOc3ccccc32)c1. The van der Waals surface area contributed by atoms with Gasteiger partial charge in [0.2, 0.25) is 5.91 Å². The van der Waals surface area contributed by atoms with Gasteiger partial charge in [-0.3, -0.25) is 4.79 Å². The van der Waals surface area contributed by atoms with Crippen LogP contribution in [0.1, 0.15) is 35.2 Å².